The number of aromatic nitrogens is 6. The van der Waals surface area contributed by atoms with E-state index in [0.29, 0.717) is 81.9 Å². The van der Waals surface area contributed by atoms with Crippen LogP contribution in [0.3, 0.4) is 0 Å². The van der Waals surface area contributed by atoms with Gasteiger partial charge in [0.05, 0.1) is 47.4 Å². The summed E-state index contributed by atoms with van der Waals surface area (Å²) in [5.41, 5.74) is 0.294. The first-order valence-corrected chi connectivity index (χ1v) is 16.7. The molecule has 262 valence electrons. The van der Waals surface area contributed by atoms with Gasteiger partial charge in [-0.05, 0) is 43.9 Å². The summed E-state index contributed by atoms with van der Waals surface area (Å²) in [7, 11) is 0. The molecule has 0 bridgehead atoms. The van der Waals surface area contributed by atoms with E-state index in [1.165, 1.54) is 4.52 Å². The molecule has 5 heterocycles. The summed E-state index contributed by atoms with van der Waals surface area (Å²) in [4.78, 5) is 38.3. The highest BCUT2D eigenvalue weighted by Gasteiger charge is 2.33. The van der Waals surface area contributed by atoms with Gasteiger partial charge in [0.1, 0.15) is 17.9 Å². The zero-order valence-corrected chi connectivity index (χ0v) is 27.5. The Hall–Kier alpha value is -4.51. The van der Waals surface area contributed by atoms with Crippen molar-refractivity contribution in [1.82, 2.24) is 28.9 Å². The molecule has 0 atom stereocenters. The van der Waals surface area contributed by atoms with Crippen molar-refractivity contribution in [3.8, 4) is 5.88 Å². The third kappa shape index (κ3) is 6.24. The number of aromatic hydroxyl groups is 1. The van der Waals surface area contributed by atoms with Gasteiger partial charge < -0.3 is 34.4 Å². The van der Waals surface area contributed by atoms with E-state index in [0.717, 1.165) is 37.5 Å². The molecule has 14 nitrogen and oxygen atoms in total. The summed E-state index contributed by atoms with van der Waals surface area (Å²) in [6, 6.07) is 2.93. The molecule has 1 saturated carbocycles. The van der Waals surface area contributed by atoms with E-state index in [4.69, 9.17) is 16.3 Å². The second-order valence-electron chi connectivity index (χ2n) is 12.4. The van der Waals surface area contributed by atoms with Crippen LogP contribution in [0.25, 0.3) is 5.78 Å². The lowest BCUT2D eigenvalue weighted by Crippen LogP contribution is -2.49. The summed E-state index contributed by atoms with van der Waals surface area (Å²) in [5, 5.41) is 22.3. The normalized spacial score (nSPS) is 17.5. The lowest BCUT2D eigenvalue weighted by molar-refractivity contribution is -0.137. The molecule has 1 aromatic carbocycles. The second-order valence-corrected chi connectivity index (χ2v) is 12.8. The van der Waals surface area contributed by atoms with Gasteiger partial charge in [0.2, 0.25) is 23.5 Å². The molecule has 18 heteroatoms. The van der Waals surface area contributed by atoms with Crippen molar-refractivity contribution in [1.29, 1.82) is 0 Å². The fraction of sp³-hybridized carbons (Fsp3) is 0.516. The quantitative estimate of drug-likeness (QED) is 0.280. The number of rotatable bonds is 8. The van der Waals surface area contributed by atoms with Crippen LogP contribution in [0.2, 0.25) is 5.02 Å². The second kappa shape index (κ2) is 13.1. The number of benzene rings is 1. The summed E-state index contributed by atoms with van der Waals surface area (Å²) >= 11 is 6.13. The Balaban J connectivity index is 1.21. The molecule has 1 amide bonds. The maximum atomic E-state index is 14.2. The number of hydrogen-bond acceptors (Lipinski definition) is 10. The predicted molar refractivity (Wildman–Crippen MR) is 176 cm³/mol. The summed E-state index contributed by atoms with van der Waals surface area (Å²) in [5.74, 6) is 0.0529. The number of carbonyl (C=O) groups is 1. The molecule has 2 N–H and O–H groups in total. The lowest BCUT2D eigenvalue weighted by atomic mass is 9.93. The van der Waals surface area contributed by atoms with E-state index in [2.05, 4.69) is 20.5 Å². The molecule has 0 radical (unpaired) electrons. The molecule has 7 rings (SSSR count). The minimum Gasteiger partial charge on any atom is -0.492 e. The highest BCUT2D eigenvalue weighted by atomic mass is 35.5. The van der Waals surface area contributed by atoms with Crippen LogP contribution in [0, 0.1) is 0 Å². The highest BCUT2D eigenvalue weighted by molar-refractivity contribution is 6.33. The van der Waals surface area contributed by atoms with Crippen LogP contribution in [-0.2, 0) is 28.7 Å². The number of piperazine rings is 1. The third-order valence-corrected chi connectivity index (χ3v) is 9.74. The monoisotopic (exact) mass is 704 g/mol. The number of halogens is 4. The smallest absolute Gasteiger partial charge is 0.416 e. The molecule has 3 aromatic heterocycles. The summed E-state index contributed by atoms with van der Waals surface area (Å²) < 4.78 is 49.6. The first kappa shape index (κ1) is 33.0. The SMILES string of the molecule is CCc1c(N2CCN(c3cnn(C4CCC4)c3O)CC2)c(=O)n2nc(N3CCOCC3)nc2n1CC(=O)Nc1ccc(C(F)(F)F)cc1Cl. The Morgan fingerprint density at radius 3 is 2.43 bits per heavy atom. The Morgan fingerprint density at radius 1 is 1.08 bits per heavy atom. The van der Waals surface area contributed by atoms with Crippen LogP contribution in [0.4, 0.5) is 36.2 Å². The third-order valence-electron chi connectivity index (χ3n) is 9.42. The van der Waals surface area contributed by atoms with Gasteiger partial charge in [-0.2, -0.15) is 27.8 Å². The van der Waals surface area contributed by atoms with Crippen LogP contribution in [0.5, 0.6) is 5.88 Å². The fourth-order valence-electron chi connectivity index (χ4n) is 6.58. The van der Waals surface area contributed by atoms with Crippen molar-refractivity contribution in [3.63, 3.8) is 0 Å². The number of hydrogen-bond donors (Lipinski definition) is 2. The molecule has 0 unspecified atom stereocenters. The van der Waals surface area contributed by atoms with Gasteiger partial charge >= 0.3 is 6.18 Å². The van der Waals surface area contributed by atoms with Gasteiger partial charge in [-0.25, -0.2) is 4.68 Å². The standard InChI is InChI=1S/C31H36ClF3N10O4/c1-2-23-26(41-10-8-40(9-11-41)24-17-36-44(27(24)47)20-4-3-5-20)28(48)45-30(38-29(39-45)42-12-14-49-15-13-42)43(23)18-25(46)37-22-7-6-19(16-21(22)32)31(33,34)35/h6-7,16-17,20,47H,2-5,8-15,18H2,1H3,(H,37,46). The summed E-state index contributed by atoms with van der Waals surface area (Å²) in [6.07, 6.45) is 0.553. The van der Waals surface area contributed by atoms with Crippen molar-refractivity contribution in [3.05, 3.63) is 51.0 Å². The molecule has 1 aliphatic carbocycles. The number of nitrogens with one attached hydrogen (secondary N) is 1. The van der Waals surface area contributed by atoms with Gasteiger partial charge in [-0.15, -0.1) is 5.10 Å². The zero-order chi connectivity index (χ0) is 34.4. The minimum atomic E-state index is -4.59. The van der Waals surface area contributed by atoms with Gasteiger partial charge in [0, 0.05) is 39.3 Å². The van der Waals surface area contributed by atoms with E-state index in [9.17, 15) is 27.9 Å². The Labute approximate surface area is 283 Å². The number of ether oxygens (including phenoxy) is 1. The van der Waals surface area contributed by atoms with Crippen molar-refractivity contribution < 1.29 is 27.8 Å². The van der Waals surface area contributed by atoms with E-state index < -0.39 is 17.6 Å². The topological polar surface area (TPSA) is 138 Å². The first-order valence-electron chi connectivity index (χ1n) is 16.3. The van der Waals surface area contributed by atoms with Crippen molar-refractivity contribution in [2.45, 2.75) is 51.4 Å². The van der Waals surface area contributed by atoms with E-state index in [1.807, 2.05) is 21.6 Å². The van der Waals surface area contributed by atoms with Gasteiger partial charge in [-0.1, -0.05) is 18.5 Å². The number of fused-ring (bicyclic) bond motifs is 1. The molecule has 3 aliphatic rings. The molecule has 49 heavy (non-hydrogen) atoms. The van der Waals surface area contributed by atoms with Crippen molar-refractivity contribution >= 4 is 46.3 Å². The van der Waals surface area contributed by atoms with Crippen LogP contribution in [0.1, 0.15) is 43.5 Å². The minimum absolute atomic E-state index is 0.0190. The zero-order valence-electron chi connectivity index (χ0n) is 26.8. The maximum absolute atomic E-state index is 14.2. The van der Waals surface area contributed by atoms with Crippen LogP contribution >= 0.6 is 11.6 Å². The number of alkyl halides is 3. The highest BCUT2D eigenvalue weighted by Crippen LogP contribution is 2.38. The largest absolute Gasteiger partial charge is 0.492 e. The van der Waals surface area contributed by atoms with Gasteiger partial charge in [-0.3, -0.25) is 9.59 Å². The lowest BCUT2D eigenvalue weighted by Gasteiger charge is -2.37. The molecule has 2 aliphatic heterocycles. The molecular formula is C31H36ClF3N10O4. The molecule has 2 saturated heterocycles. The van der Waals surface area contributed by atoms with Crippen molar-refractivity contribution in [2.24, 2.45) is 0 Å². The fourth-order valence-corrected chi connectivity index (χ4v) is 6.81. The van der Waals surface area contributed by atoms with Crippen LogP contribution < -0.4 is 25.6 Å². The number of anilines is 4. The Kier molecular flexibility index (Phi) is 8.81. The van der Waals surface area contributed by atoms with Crippen molar-refractivity contribution in [2.75, 3.05) is 72.5 Å². The van der Waals surface area contributed by atoms with E-state index in [1.54, 1.807) is 15.4 Å². The number of morpholine rings is 1. The van der Waals surface area contributed by atoms with Crippen LogP contribution in [0.15, 0.2) is 29.2 Å². The average Bonchev–Trinajstić information content (AvgIpc) is 3.67. The number of carbonyl (C=O) groups excluding carboxylic acids is 1. The van der Waals surface area contributed by atoms with Gasteiger partial charge in [0.25, 0.3) is 5.56 Å². The number of amides is 1. The Morgan fingerprint density at radius 2 is 1.80 bits per heavy atom. The molecule has 3 fully saturated rings. The Bertz CT molecular complexity index is 1920. The maximum Gasteiger partial charge on any atom is 0.416 e. The van der Waals surface area contributed by atoms with Gasteiger partial charge in [0.15, 0.2) is 0 Å². The van der Waals surface area contributed by atoms with Crippen LogP contribution in [-0.4, -0.2) is 92.4 Å². The van der Waals surface area contributed by atoms with E-state index >= 15 is 0 Å². The first-order chi connectivity index (χ1) is 23.5. The molecule has 0 spiro atoms. The van der Waals surface area contributed by atoms with E-state index in [-0.39, 0.29) is 40.5 Å². The average molecular weight is 705 g/mol. The number of nitrogens with zero attached hydrogens (tertiary/aromatic N) is 9. The molecule has 4 aromatic rings. The summed E-state index contributed by atoms with van der Waals surface area (Å²) in [6.45, 7) is 5.46. The molecular weight excluding hydrogens is 669 g/mol. The predicted octanol–water partition coefficient (Wildman–Crippen LogP) is 3.55.